The average molecular weight is 230 g/mol. The third kappa shape index (κ3) is 3.00. The van der Waals surface area contributed by atoms with Crippen LogP contribution in [0.3, 0.4) is 0 Å². The summed E-state index contributed by atoms with van der Waals surface area (Å²) >= 11 is 0. The van der Waals surface area contributed by atoms with Gasteiger partial charge in [-0.3, -0.25) is 0 Å². The molecule has 1 unspecified atom stereocenters. The van der Waals surface area contributed by atoms with Crippen LogP contribution in [0, 0.1) is 0 Å². The van der Waals surface area contributed by atoms with Crippen LogP contribution in [-0.2, 0) is 9.53 Å². The van der Waals surface area contributed by atoms with Crippen molar-refractivity contribution in [2.45, 2.75) is 19.5 Å². The number of hydrogen-bond acceptors (Lipinski definition) is 2. The Bertz CT molecular complexity index is 349. The predicted octanol–water partition coefficient (Wildman–Crippen LogP) is 2.79. The van der Waals surface area contributed by atoms with E-state index < -0.39 is 18.5 Å². The Morgan fingerprint density at radius 1 is 1.31 bits per heavy atom. The summed E-state index contributed by atoms with van der Waals surface area (Å²) in [5.41, 5.74) is 0.225. The molecule has 1 rings (SSSR count). The Hall–Kier alpha value is -1.49. The number of carboxylic acids is 1. The van der Waals surface area contributed by atoms with E-state index in [0.29, 0.717) is 5.56 Å². The lowest BCUT2D eigenvalue weighted by molar-refractivity contribution is -0.150. The van der Waals surface area contributed by atoms with E-state index in [0.717, 1.165) is 0 Å². The van der Waals surface area contributed by atoms with E-state index in [-0.39, 0.29) is 12.2 Å². The molecule has 0 bridgehead atoms. The highest BCUT2D eigenvalue weighted by Crippen LogP contribution is 2.23. The van der Waals surface area contributed by atoms with Crippen molar-refractivity contribution in [2.75, 3.05) is 6.61 Å². The summed E-state index contributed by atoms with van der Waals surface area (Å²) in [5, 5.41) is 8.86. The molecule has 1 aromatic rings. The van der Waals surface area contributed by atoms with E-state index in [4.69, 9.17) is 9.84 Å². The molecule has 0 saturated carbocycles. The SMILES string of the molecule is CCOC(C(=O)O)c1ccc(C(F)F)cc1. The topological polar surface area (TPSA) is 46.5 Å². The second kappa shape index (κ2) is 5.55. The van der Waals surface area contributed by atoms with Crippen LogP contribution in [0.25, 0.3) is 0 Å². The fourth-order valence-electron chi connectivity index (χ4n) is 1.29. The Morgan fingerprint density at radius 3 is 2.19 bits per heavy atom. The van der Waals surface area contributed by atoms with Crippen molar-refractivity contribution in [2.24, 2.45) is 0 Å². The van der Waals surface area contributed by atoms with Crippen LogP contribution >= 0.6 is 0 Å². The van der Waals surface area contributed by atoms with Gasteiger partial charge in [0.15, 0.2) is 6.10 Å². The van der Waals surface area contributed by atoms with Crippen molar-refractivity contribution in [1.82, 2.24) is 0 Å². The molecule has 1 aromatic carbocycles. The third-order valence-corrected chi connectivity index (χ3v) is 2.05. The largest absolute Gasteiger partial charge is 0.479 e. The van der Waals surface area contributed by atoms with Gasteiger partial charge in [-0.05, 0) is 12.5 Å². The van der Waals surface area contributed by atoms with Crippen LogP contribution in [0.2, 0.25) is 0 Å². The van der Waals surface area contributed by atoms with Gasteiger partial charge < -0.3 is 9.84 Å². The minimum Gasteiger partial charge on any atom is -0.479 e. The maximum absolute atomic E-state index is 12.3. The molecule has 1 N–H and O–H groups in total. The van der Waals surface area contributed by atoms with Crippen molar-refractivity contribution in [3.8, 4) is 0 Å². The summed E-state index contributed by atoms with van der Waals surface area (Å²) in [6.45, 7) is 1.91. The highest BCUT2D eigenvalue weighted by atomic mass is 19.3. The van der Waals surface area contributed by atoms with Crippen LogP contribution in [0.5, 0.6) is 0 Å². The molecule has 1 atom stereocenters. The van der Waals surface area contributed by atoms with E-state index >= 15 is 0 Å². The van der Waals surface area contributed by atoms with Crippen molar-refractivity contribution >= 4 is 5.97 Å². The van der Waals surface area contributed by atoms with Gasteiger partial charge in [0.2, 0.25) is 0 Å². The van der Waals surface area contributed by atoms with Gasteiger partial charge >= 0.3 is 5.97 Å². The summed E-state index contributed by atoms with van der Waals surface area (Å²) in [6, 6.07) is 5.09. The number of ether oxygens (including phenoxy) is 1. The van der Waals surface area contributed by atoms with Gasteiger partial charge in [0.05, 0.1) is 0 Å². The number of carboxylic acid groups (broad SMARTS) is 1. The van der Waals surface area contributed by atoms with Gasteiger partial charge in [0, 0.05) is 12.2 Å². The molecule has 0 aromatic heterocycles. The average Bonchev–Trinajstić information content (AvgIpc) is 2.25. The number of halogens is 2. The van der Waals surface area contributed by atoms with Crippen LogP contribution < -0.4 is 0 Å². The second-order valence-corrected chi connectivity index (χ2v) is 3.14. The first kappa shape index (κ1) is 12.6. The van der Waals surface area contributed by atoms with E-state index in [1.807, 2.05) is 0 Å². The van der Waals surface area contributed by atoms with Crippen molar-refractivity contribution < 1.29 is 23.4 Å². The van der Waals surface area contributed by atoms with Gasteiger partial charge in [-0.2, -0.15) is 0 Å². The van der Waals surface area contributed by atoms with Crippen LogP contribution in [0.1, 0.15) is 30.6 Å². The molecule has 0 aliphatic carbocycles. The highest BCUT2D eigenvalue weighted by Gasteiger charge is 2.20. The van der Waals surface area contributed by atoms with Gasteiger partial charge in [0.25, 0.3) is 6.43 Å². The van der Waals surface area contributed by atoms with E-state index in [1.165, 1.54) is 24.3 Å². The maximum atomic E-state index is 12.3. The molecular formula is C11H12F2O3. The number of carbonyl (C=O) groups is 1. The molecular weight excluding hydrogens is 218 g/mol. The standard InChI is InChI=1S/C11H12F2O3/c1-2-16-9(11(14)15)7-3-5-8(6-4-7)10(12)13/h3-6,9-10H,2H2,1H3,(H,14,15). The number of rotatable bonds is 5. The Balaban J connectivity index is 2.89. The molecule has 0 heterocycles. The number of benzene rings is 1. The second-order valence-electron chi connectivity index (χ2n) is 3.14. The normalized spacial score (nSPS) is 12.8. The number of hydrogen-bond donors (Lipinski definition) is 1. The third-order valence-electron chi connectivity index (χ3n) is 2.05. The Morgan fingerprint density at radius 2 is 1.81 bits per heavy atom. The van der Waals surface area contributed by atoms with Gasteiger partial charge in [-0.25, -0.2) is 13.6 Å². The minimum absolute atomic E-state index is 0.135. The minimum atomic E-state index is -2.55. The van der Waals surface area contributed by atoms with Crippen molar-refractivity contribution in [3.63, 3.8) is 0 Å². The molecule has 0 aliphatic rings. The maximum Gasteiger partial charge on any atom is 0.337 e. The number of aliphatic carboxylic acids is 1. The van der Waals surface area contributed by atoms with Crippen LogP contribution in [0.15, 0.2) is 24.3 Å². The molecule has 0 saturated heterocycles. The van der Waals surface area contributed by atoms with Gasteiger partial charge in [-0.1, -0.05) is 24.3 Å². The summed E-state index contributed by atoms with van der Waals surface area (Å²) in [4.78, 5) is 10.8. The van der Waals surface area contributed by atoms with E-state index in [9.17, 15) is 13.6 Å². The Labute approximate surface area is 91.7 Å². The predicted molar refractivity (Wildman–Crippen MR) is 53.4 cm³/mol. The molecule has 16 heavy (non-hydrogen) atoms. The first-order valence-electron chi connectivity index (χ1n) is 4.78. The lowest BCUT2D eigenvalue weighted by Crippen LogP contribution is -2.15. The lowest BCUT2D eigenvalue weighted by Gasteiger charge is -2.12. The molecule has 0 spiro atoms. The van der Waals surface area contributed by atoms with E-state index in [1.54, 1.807) is 6.92 Å². The number of alkyl halides is 2. The molecule has 5 heteroatoms. The zero-order valence-electron chi connectivity index (χ0n) is 8.69. The summed E-state index contributed by atoms with van der Waals surface area (Å²) < 4.78 is 29.5. The van der Waals surface area contributed by atoms with Crippen LogP contribution in [-0.4, -0.2) is 17.7 Å². The van der Waals surface area contributed by atoms with E-state index in [2.05, 4.69) is 0 Å². The molecule has 0 amide bonds. The van der Waals surface area contributed by atoms with Gasteiger partial charge in [-0.15, -0.1) is 0 Å². The van der Waals surface area contributed by atoms with Gasteiger partial charge in [0.1, 0.15) is 0 Å². The molecule has 88 valence electrons. The smallest absolute Gasteiger partial charge is 0.337 e. The zero-order valence-corrected chi connectivity index (χ0v) is 8.69. The molecule has 0 fully saturated rings. The highest BCUT2D eigenvalue weighted by molar-refractivity contribution is 5.74. The van der Waals surface area contributed by atoms with Crippen molar-refractivity contribution in [3.05, 3.63) is 35.4 Å². The zero-order chi connectivity index (χ0) is 12.1. The fraction of sp³-hybridized carbons (Fsp3) is 0.364. The lowest BCUT2D eigenvalue weighted by atomic mass is 10.1. The quantitative estimate of drug-likeness (QED) is 0.846. The fourth-order valence-corrected chi connectivity index (χ4v) is 1.29. The first-order valence-corrected chi connectivity index (χ1v) is 4.78. The monoisotopic (exact) mass is 230 g/mol. The first-order chi connectivity index (χ1) is 7.56. The van der Waals surface area contributed by atoms with Crippen molar-refractivity contribution in [1.29, 1.82) is 0 Å². The molecule has 0 radical (unpaired) electrons. The summed E-state index contributed by atoms with van der Waals surface area (Å²) in [6.07, 6.45) is -3.65. The Kier molecular flexibility index (Phi) is 4.37. The summed E-state index contributed by atoms with van der Waals surface area (Å²) in [5.74, 6) is -1.13. The molecule has 0 aliphatic heterocycles. The summed E-state index contributed by atoms with van der Waals surface area (Å²) in [7, 11) is 0. The molecule has 3 nitrogen and oxygen atoms in total. The van der Waals surface area contributed by atoms with Crippen LogP contribution in [0.4, 0.5) is 8.78 Å².